The summed E-state index contributed by atoms with van der Waals surface area (Å²) in [5.41, 5.74) is 1.36. The maximum Gasteiger partial charge on any atom is 0.416 e. The zero-order valence-corrected chi connectivity index (χ0v) is 21.9. The van der Waals surface area contributed by atoms with Gasteiger partial charge < -0.3 is 14.9 Å². The largest absolute Gasteiger partial charge is 0.416 e. The van der Waals surface area contributed by atoms with Crippen molar-refractivity contribution >= 4 is 17.5 Å². The summed E-state index contributed by atoms with van der Waals surface area (Å²) in [6.07, 6.45) is 2.54. The van der Waals surface area contributed by atoms with Crippen molar-refractivity contribution in [3.8, 4) is 0 Å². The fourth-order valence-electron chi connectivity index (χ4n) is 6.29. The van der Waals surface area contributed by atoms with Crippen LogP contribution in [0.4, 0.5) is 18.9 Å². The number of fused-ring (bicyclic) bond motifs is 1. The van der Waals surface area contributed by atoms with Gasteiger partial charge in [0.25, 0.3) is 0 Å². The zero-order valence-electron chi connectivity index (χ0n) is 21.9. The van der Waals surface area contributed by atoms with Crippen molar-refractivity contribution in [2.75, 3.05) is 37.7 Å². The van der Waals surface area contributed by atoms with Crippen molar-refractivity contribution in [2.24, 2.45) is 5.92 Å². The van der Waals surface area contributed by atoms with E-state index in [1.807, 2.05) is 17.0 Å². The van der Waals surface area contributed by atoms with E-state index >= 15 is 0 Å². The molecule has 2 saturated heterocycles. The van der Waals surface area contributed by atoms with E-state index < -0.39 is 17.7 Å². The third kappa shape index (κ3) is 5.96. The highest BCUT2D eigenvalue weighted by atomic mass is 19.4. The van der Waals surface area contributed by atoms with Gasteiger partial charge in [-0.05, 0) is 93.1 Å². The predicted molar refractivity (Wildman–Crippen MR) is 140 cm³/mol. The van der Waals surface area contributed by atoms with Gasteiger partial charge in [-0.15, -0.1) is 0 Å². The number of piperidine rings is 2. The van der Waals surface area contributed by atoms with Crippen molar-refractivity contribution in [3.63, 3.8) is 0 Å². The molecule has 7 nitrogen and oxygen atoms in total. The zero-order chi connectivity index (χ0) is 27.6. The van der Waals surface area contributed by atoms with Gasteiger partial charge in [0.2, 0.25) is 11.8 Å². The normalized spacial score (nSPS) is 21.4. The van der Waals surface area contributed by atoms with Gasteiger partial charge in [-0.25, -0.2) is 0 Å². The molecule has 5 rings (SSSR count). The molecule has 210 valence electrons. The highest BCUT2D eigenvalue weighted by molar-refractivity contribution is 6.05. The Morgan fingerprint density at radius 3 is 2.33 bits per heavy atom. The van der Waals surface area contributed by atoms with E-state index in [0.29, 0.717) is 50.0 Å². The fraction of sp³-hybridized carbons (Fsp3) is 0.552. The second kappa shape index (κ2) is 11.6. The van der Waals surface area contributed by atoms with Crippen LogP contribution in [-0.2, 0) is 22.3 Å². The number of amides is 2. The third-order valence-corrected chi connectivity index (χ3v) is 8.41. The van der Waals surface area contributed by atoms with E-state index in [2.05, 4.69) is 9.88 Å². The number of likely N-dealkylation sites (tertiary alicyclic amines) is 2. The molecule has 3 aliphatic heterocycles. The first-order valence-corrected chi connectivity index (χ1v) is 13.8. The number of benzene rings is 1. The highest BCUT2D eigenvalue weighted by Gasteiger charge is 2.43. The molecule has 1 unspecified atom stereocenters. The van der Waals surface area contributed by atoms with Crippen molar-refractivity contribution in [2.45, 2.75) is 63.2 Å². The minimum absolute atomic E-state index is 0.00645. The Labute approximate surface area is 226 Å². The van der Waals surface area contributed by atoms with Gasteiger partial charge >= 0.3 is 6.18 Å². The average molecular weight is 545 g/mol. The van der Waals surface area contributed by atoms with E-state index in [1.165, 1.54) is 11.6 Å². The lowest BCUT2D eigenvalue weighted by Gasteiger charge is -2.40. The third-order valence-electron chi connectivity index (χ3n) is 8.41. The first kappa shape index (κ1) is 27.6. The molecule has 1 atom stereocenters. The Kier molecular flexibility index (Phi) is 8.23. The number of pyridine rings is 1. The van der Waals surface area contributed by atoms with Crippen LogP contribution >= 0.6 is 0 Å². The number of nitrogens with zero attached hydrogens (tertiary/aromatic N) is 4. The Hall–Kier alpha value is -2.98. The molecular weight excluding hydrogens is 509 g/mol. The van der Waals surface area contributed by atoms with Crippen LogP contribution in [0, 0.1) is 5.92 Å². The topological polar surface area (TPSA) is 77.0 Å². The number of aliphatic hydroxyl groups excluding tert-OH is 1. The molecule has 2 aromatic rings. The predicted octanol–water partition coefficient (Wildman–Crippen LogP) is 4.21. The van der Waals surface area contributed by atoms with E-state index in [-0.39, 0.29) is 30.4 Å². The summed E-state index contributed by atoms with van der Waals surface area (Å²) in [5, 5.41) is 9.28. The molecule has 1 N–H and O–H groups in total. The second-order valence-electron chi connectivity index (χ2n) is 10.9. The number of carbonyl (C=O) groups excluding carboxylic acids is 2. The summed E-state index contributed by atoms with van der Waals surface area (Å²) in [6.45, 7) is 3.52. The molecule has 39 heavy (non-hydrogen) atoms. The van der Waals surface area contributed by atoms with E-state index in [4.69, 9.17) is 0 Å². The van der Waals surface area contributed by atoms with Crippen LogP contribution in [0.5, 0.6) is 0 Å². The first-order chi connectivity index (χ1) is 18.8. The lowest BCUT2D eigenvalue weighted by molar-refractivity contribution is -0.138. The number of hydrogen-bond donors (Lipinski definition) is 1. The van der Waals surface area contributed by atoms with Gasteiger partial charge in [0, 0.05) is 56.3 Å². The molecule has 0 bridgehead atoms. The molecule has 0 saturated carbocycles. The molecular formula is C29H35F3N4O3. The lowest BCUT2D eigenvalue weighted by atomic mass is 9.93. The summed E-state index contributed by atoms with van der Waals surface area (Å²) in [5.74, 6) is -0.732. The van der Waals surface area contributed by atoms with Crippen LogP contribution in [0.25, 0.3) is 0 Å². The smallest absolute Gasteiger partial charge is 0.396 e. The molecule has 2 amide bonds. The lowest BCUT2D eigenvalue weighted by Crippen LogP contribution is -2.50. The van der Waals surface area contributed by atoms with Crippen LogP contribution < -0.4 is 4.90 Å². The summed E-state index contributed by atoms with van der Waals surface area (Å²) in [4.78, 5) is 36.7. The molecule has 2 fully saturated rings. The number of alkyl halides is 3. The summed E-state index contributed by atoms with van der Waals surface area (Å²) >= 11 is 0. The molecule has 0 spiro atoms. The molecule has 1 aromatic heterocycles. The number of anilines is 1. The van der Waals surface area contributed by atoms with Crippen molar-refractivity contribution in [3.05, 3.63) is 59.4 Å². The SMILES string of the molecule is O=C(C1CCN(Cc2ccncc2)CC1)N1CCC(N2C(=O)C(CCCO)c3cc(C(F)(F)F)ccc32)CC1. The quantitative estimate of drug-likeness (QED) is 0.565. The minimum atomic E-state index is -4.49. The van der Waals surface area contributed by atoms with Crippen LogP contribution in [0.3, 0.4) is 0 Å². The van der Waals surface area contributed by atoms with Gasteiger partial charge in [0.15, 0.2) is 0 Å². The Morgan fingerprint density at radius 2 is 1.69 bits per heavy atom. The van der Waals surface area contributed by atoms with Crippen molar-refractivity contribution < 1.29 is 27.9 Å². The standard InChI is InChI=1S/C29H35F3N4O3/c30-29(31,32)22-3-4-26-25(18-22)24(2-1-17-37)28(39)36(26)23-9-15-35(16-10-23)27(38)21-7-13-34(14-8-21)19-20-5-11-33-12-6-20/h3-6,11-12,18,21,23-24,37H,1-2,7-10,13-17,19H2. The van der Waals surface area contributed by atoms with Crippen LogP contribution in [-0.4, -0.2) is 70.5 Å². The number of rotatable bonds is 7. The maximum atomic E-state index is 13.4. The molecule has 4 heterocycles. The van der Waals surface area contributed by atoms with Crippen LogP contribution in [0.1, 0.15) is 61.1 Å². The Bertz CT molecular complexity index is 1160. The number of hydrogen-bond acceptors (Lipinski definition) is 5. The van der Waals surface area contributed by atoms with Gasteiger partial charge in [-0.3, -0.25) is 19.5 Å². The Balaban J connectivity index is 1.19. The van der Waals surface area contributed by atoms with Gasteiger partial charge in [-0.1, -0.05) is 0 Å². The molecule has 0 aliphatic carbocycles. The average Bonchev–Trinajstić information content (AvgIpc) is 3.22. The molecule has 1 aromatic carbocycles. The summed E-state index contributed by atoms with van der Waals surface area (Å²) in [6, 6.07) is 7.39. The summed E-state index contributed by atoms with van der Waals surface area (Å²) < 4.78 is 40.2. The first-order valence-electron chi connectivity index (χ1n) is 13.8. The van der Waals surface area contributed by atoms with Crippen molar-refractivity contribution in [1.29, 1.82) is 0 Å². The highest BCUT2D eigenvalue weighted by Crippen LogP contribution is 2.45. The van der Waals surface area contributed by atoms with E-state index in [9.17, 15) is 27.9 Å². The maximum absolute atomic E-state index is 13.4. The number of aromatic nitrogens is 1. The van der Waals surface area contributed by atoms with E-state index in [1.54, 1.807) is 17.3 Å². The second-order valence-corrected chi connectivity index (χ2v) is 10.9. The van der Waals surface area contributed by atoms with Gasteiger partial charge in [0.05, 0.1) is 11.5 Å². The molecule has 3 aliphatic rings. The number of halogens is 3. The minimum Gasteiger partial charge on any atom is -0.396 e. The van der Waals surface area contributed by atoms with Gasteiger partial charge in [-0.2, -0.15) is 13.2 Å². The number of carbonyl (C=O) groups is 2. The van der Waals surface area contributed by atoms with Crippen molar-refractivity contribution in [1.82, 2.24) is 14.8 Å². The number of aliphatic hydroxyl groups is 1. The Morgan fingerprint density at radius 1 is 1.00 bits per heavy atom. The fourth-order valence-corrected chi connectivity index (χ4v) is 6.29. The molecule has 10 heteroatoms. The van der Waals surface area contributed by atoms with Crippen LogP contribution in [0.15, 0.2) is 42.7 Å². The van der Waals surface area contributed by atoms with Crippen LogP contribution in [0.2, 0.25) is 0 Å². The monoisotopic (exact) mass is 544 g/mol. The molecule has 0 radical (unpaired) electrons. The van der Waals surface area contributed by atoms with E-state index in [0.717, 1.165) is 44.6 Å². The van der Waals surface area contributed by atoms with Gasteiger partial charge in [0.1, 0.15) is 0 Å². The summed E-state index contributed by atoms with van der Waals surface area (Å²) in [7, 11) is 0.